The van der Waals surface area contributed by atoms with Crippen LogP contribution in [0.25, 0.3) is 11.2 Å². The van der Waals surface area contributed by atoms with Gasteiger partial charge in [0.15, 0.2) is 23.9 Å². The Kier molecular flexibility index (Phi) is 7.41. The van der Waals surface area contributed by atoms with Gasteiger partial charge in [-0.1, -0.05) is 0 Å². The van der Waals surface area contributed by atoms with Crippen molar-refractivity contribution in [1.29, 1.82) is 0 Å². The monoisotopic (exact) mass is 634 g/mol. The molecular weight excluding hydrogens is 610 g/mol. The Morgan fingerprint density at radius 2 is 1.83 bits per heavy atom. The normalized spacial score (nSPS) is 35.9. The zero-order valence-electron chi connectivity index (χ0n) is 21.0. The number of aromatic nitrogens is 6. The number of aliphatic hydroxyl groups is 2. The molecule has 2 unspecified atom stereocenters. The fourth-order valence-electron chi connectivity index (χ4n) is 4.89. The fourth-order valence-corrected chi connectivity index (χ4v) is 7.00. The number of hydrogen-bond donors (Lipinski definition) is 6. The molecule has 3 aromatic heterocycles. The molecule has 0 aliphatic carbocycles. The van der Waals surface area contributed by atoms with Crippen molar-refractivity contribution in [1.82, 2.24) is 29.1 Å². The average molecular weight is 634 g/mol. The smallest absolute Gasteiger partial charge is 0.394 e. The van der Waals surface area contributed by atoms with E-state index < -0.39 is 83.6 Å². The molecule has 42 heavy (non-hydrogen) atoms. The van der Waals surface area contributed by atoms with Gasteiger partial charge in [0.2, 0.25) is 0 Å². The van der Waals surface area contributed by atoms with Gasteiger partial charge in [0.05, 0.1) is 19.5 Å². The van der Waals surface area contributed by atoms with Crippen molar-refractivity contribution >= 4 is 38.4 Å². The van der Waals surface area contributed by atoms with E-state index in [-0.39, 0.29) is 22.8 Å². The number of anilines is 2. The van der Waals surface area contributed by atoms with Gasteiger partial charge in [-0.3, -0.25) is 27.2 Å². The first-order valence-corrected chi connectivity index (χ1v) is 15.1. The van der Waals surface area contributed by atoms with Crippen LogP contribution in [0.4, 0.5) is 11.6 Å². The van der Waals surface area contributed by atoms with E-state index in [0.717, 1.165) is 4.57 Å². The molecule has 3 saturated heterocycles. The summed E-state index contributed by atoms with van der Waals surface area (Å²) in [7, 11) is -9.61. The Labute approximate surface area is 233 Å². The van der Waals surface area contributed by atoms with Crippen LogP contribution in [0.1, 0.15) is 12.5 Å². The highest BCUT2D eigenvalue weighted by molar-refractivity contribution is 7.47. The van der Waals surface area contributed by atoms with Gasteiger partial charge in [0.25, 0.3) is 0 Å². The highest BCUT2D eigenvalue weighted by Crippen LogP contribution is 2.59. The molecule has 228 valence electrons. The molecule has 3 aromatic rings. The van der Waals surface area contributed by atoms with Gasteiger partial charge in [-0.2, -0.15) is 4.98 Å². The first-order chi connectivity index (χ1) is 19.9. The van der Waals surface area contributed by atoms with Crippen LogP contribution in [0, 0.1) is 0 Å². The number of nitrogens with zero attached hydrogens (tertiary/aromatic N) is 6. The summed E-state index contributed by atoms with van der Waals surface area (Å²) in [6.45, 7) is -1.48. The van der Waals surface area contributed by atoms with Crippen LogP contribution in [-0.2, 0) is 36.7 Å². The van der Waals surface area contributed by atoms with Crippen molar-refractivity contribution in [2.45, 2.75) is 49.1 Å². The maximum Gasteiger partial charge on any atom is 0.473 e. The Balaban J connectivity index is 1.17. The number of nitrogen functional groups attached to an aromatic ring is 2. The van der Waals surface area contributed by atoms with E-state index in [2.05, 4.69) is 19.9 Å². The van der Waals surface area contributed by atoms with Crippen LogP contribution in [-0.4, -0.2) is 98.9 Å². The number of imidazole rings is 1. The quantitative estimate of drug-likeness (QED) is 0.143. The highest BCUT2D eigenvalue weighted by Gasteiger charge is 2.58. The second kappa shape index (κ2) is 10.7. The summed E-state index contributed by atoms with van der Waals surface area (Å²) < 4.78 is 59.0. The largest absolute Gasteiger partial charge is 0.473 e. The fraction of sp³-hybridized carbons (Fsp3) is 0.526. The third-order valence-corrected chi connectivity index (χ3v) is 8.73. The molecule has 0 saturated carbocycles. The molecule has 6 heterocycles. The van der Waals surface area contributed by atoms with Crippen LogP contribution in [0.3, 0.4) is 0 Å². The number of hydrogen-bond acceptors (Lipinski definition) is 17. The van der Waals surface area contributed by atoms with Gasteiger partial charge < -0.3 is 40.9 Å². The van der Waals surface area contributed by atoms with Crippen LogP contribution < -0.4 is 17.2 Å². The lowest BCUT2D eigenvalue weighted by atomic mass is 10.1. The predicted molar refractivity (Wildman–Crippen MR) is 134 cm³/mol. The van der Waals surface area contributed by atoms with Crippen molar-refractivity contribution in [3.05, 3.63) is 35.4 Å². The van der Waals surface area contributed by atoms with Crippen molar-refractivity contribution in [3.63, 3.8) is 0 Å². The van der Waals surface area contributed by atoms with Crippen molar-refractivity contribution in [2.24, 2.45) is 0 Å². The summed E-state index contributed by atoms with van der Waals surface area (Å²) in [4.78, 5) is 48.2. The molecule has 0 bridgehead atoms. The SMILES string of the molecule is Nc1ccn([C@@H]2O[C@H](COP(=O)(O)O[C@H]3[C@@H](O)[C@H](n4cnc5c(N)ncnc54)O[C@@H]3CO)[C@H]3OP(=O)(O)O[C@H]32)c(=O)n1. The third-order valence-electron chi connectivity index (χ3n) is 6.73. The van der Waals surface area contributed by atoms with E-state index in [1.54, 1.807) is 0 Å². The van der Waals surface area contributed by atoms with E-state index in [4.69, 9.17) is 39.0 Å². The van der Waals surface area contributed by atoms with E-state index >= 15 is 0 Å². The number of phosphoric acid groups is 2. The van der Waals surface area contributed by atoms with Crippen molar-refractivity contribution in [3.8, 4) is 0 Å². The maximum atomic E-state index is 12.9. The number of ether oxygens (including phenoxy) is 2. The van der Waals surface area contributed by atoms with Crippen molar-refractivity contribution in [2.75, 3.05) is 24.7 Å². The Bertz CT molecular complexity index is 1660. The van der Waals surface area contributed by atoms with E-state index in [1.807, 2.05) is 0 Å². The Morgan fingerprint density at radius 1 is 1.10 bits per heavy atom. The highest BCUT2D eigenvalue weighted by atomic mass is 31.2. The topological polar surface area (TPSA) is 301 Å². The molecule has 0 spiro atoms. The Hall–Kier alpha value is -2.91. The van der Waals surface area contributed by atoms with Gasteiger partial charge in [0, 0.05) is 6.20 Å². The van der Waals surface area contributed by atoms with Gasteiger partial charge in [-0.25, -0.2) is 28.9 Å². The van der Waals surface area contributed by atoms with E-state index in [9.17, 15) is 33.9 Å². The zero-order chi connectivity index (χ0) is 30.0. The lowest BCUT2D eigenvalue weighted by Crippen LogP contribution is -2.36. The van der Waals surface area contributed by atoms with E-state index in [1.165, 1.54) is 29.5 Å². The summed E-state index contributed by atoms with van der Waals surface area (Å²) in [6, 6.07) is 1.28. The summed E-state index contributed by atoms with van der Waals surface area (Å²) in [5.74, 6) is -0.0167. The molecule has 0 amide bonds. The summed E-state index contributed by atoms with van der Waals surface area (Å²) in [6.07, 6.45) is -7.39. The Morgan fingerprint density at radius 3 is 2.57 bits per heavy atom. The first kappa shape index (κ1) is 29.2. The molecule has 0 aromatic carbocycles. The van der Waals surface area contributed by atoms with Gasteiger partial charge in [-0.15, -0.1) is 0 Å². The molecule has 10 atom stereocenters. The molecule has 3 aliphatic heterocycles. The van der Waals surface area contributed by atoms with Crippen LogP contribution in [0.5, 0.6) is 0 Å². The molecule has 23 heteroatoms. The standard InChI is InChI=1S/C19H24N8O13P2/c20-9-1-2-26(19(30)25-9)18-14-13(39-42(33,34)40-14)8(37-18)4-35-41(31,32)38-12-7(3-28)36-17(11(12)29)27-6-24-10-15(21)22-5-23-16(10)27/h1-2,5-8,11-14,17-18,28-29H,3-4H2,(H,31,32)(H,33,34)(H2,20,25,30)(H2,21,22,23)/t7-,8-,11-,12-,13-,14-,17-,18-/m1/s1. The molecule has 3 aliphatic rings. The zero-order valence-corrected chi connectivity index (χ0v) is 22.8. The number of phosphoric ester groups is 2. The number of rotatable bonds is 8. The van der Waals surface area contributed by atoms with Gasteiger partial charge >= 0.3 is 21.3 Å². The summed E-state index contributed by atoms with van der Waals surface area (Å²) in [5, 5.41) is 20.8. The lowest BCUT2D eigenvalue weighted by Gasteiger charge is -2.24. The summed E-state index contributed by atoms with van der Waals surface area (Å²) >= 11 is 0. The van der Waals surface area contributed by atoms with Crippen molar-refractivity contribution < 1.29 is 56.7 Å². The minimum atomic E-state index is -5.04. The second-order valence-corrected chi connectivity index (χ2v) is 12.1. The minimum Gasteiger partial charge on any atom is -0.394 e. The maximum absolute atomic E-state index is 12.9. The molecule has 8 N–H and O–H groups in total. The number of fused-ring (bicyclic) bond motifs is 2. The molecule has 3 fully saturated rings. The van der Waals surface area contributed by atoms with Gasteiger partial charge in [0.1, 0.15) is 54.3 Å². The van der Waals surface area contributed by atoms with E-state index in [0.29, 0.717) is 0 Å². The molecule has 0 radical (unpaired) electrons. The van der Waals surface area contributed by atoms with Crippen LogP contribution >= 0.6 is 15.6 Å². The third kappa shape index (κ3) is 5.23. The second-order valence-electron chi connectivity index (χ2n) is 9.37. The lowest BCUT2D eigenvalue weighted by molar-refractivity contribution is -0.0669. The van der Waals surface area contributed by atoms with Crippen LogP contribution in [0.2, 0.25) is 0 Å². The predicted octanol–water partition coefficient (Wildman–Crippen LogP) is -2.22. The number of aliphatic hydroxyl groups excluding tert-OH is 2. The minimum absolute atomic E-state index is 0.0661. The first-order valence-electron chi connectivity index (χ1n) is 12.1. The van der Waals surface area contributed by atoms with Gasteiger partial charge in [-0.05, 0) is 6.07 Å². The summed E-state index contributed by atoms with van der Waals surface area (Å²) in [5.41, 5.74) is 10.8. The molecular formula is C19H24N8O13P2. The molecule has 6 rings (SSSR count). The average Bonchev–Trinajstić information content (AvgIpc) is 3.65. The number of nitrogens with two attached hydrogens (primary N) is 2. The van der Waals surface area contributed by atoms with Crippen LogP contribution in [0.15, 0.2) is 29.7 Å². The molecule has 21 nitrogen and oxygen atoms in total.